The summed E-state index contributed by atoms with van der Waals surface area (Å²) in [6, 6.07) is 14.1. The quantitative estimate of drug-likeness (QED) is 0.395. The Morgan fingerprint density at radius 1 is 1.11 bits per heavy atom. The first kappa shape index (κ1) is 20.8. The Bertz CT molecular complexity index is 867. The van der Waals surface area contributed by atoms with Gasteiger partial charge in [0.05, 0.1) is 20.8 Å². The summed E-state index contributed by atoms with van der Waals surface area (Å²) < 4.78 is 16.1. The van der Waals surface area contributed by atoms with Gasteiger partial charge >= 0.3 is 0 Å². The van der Waals surface area contributed by atoms with Gasteiger partial charge in [-0.05, 0) is 54.5 Å². The number of anilines is 1. The molecule has 0 saturated carbocycles. The van der Waals surface area contributed by atoms with Crippen LogP contribution < -0.4 is 19.5 Å². The molecule has 0 aliphatic carbocycles. The van der Waals surface area contributed by atoms with E-state index in [9.17, 15) is 10.1 Å². The molecule has 1 amide bonds. The predicted octanol–water partition coefficient (Wildman–Crippen LogP) is 4.43. The molecule has 0 atom stereocenters. The summed E-state index contributed by atoms with van der Waals surface area (Å²) in [5.41, 5.74) is 1.22. The van der Waals surface area contributed by atoms with E-state index in [-0.39, 0.29) is 5.57 Å². The molecule has 6 heteroatoms. The minimum atomic E-state index is -0.491. The molecule has 6 nitrogen and oxygen atoms in total. The van der Waals surface area contributed by atoms with Crippen molar-refractivity contribution in [3.63, 3.8) is 0 Å². The van der Waals surface area contributed by atoms with Crippen molar-refractivity contribution in [2.75, 3.05) is 26.1 Å². The zero-order valence-electron chi connectivity index (χ0n) is 16.3. The molecule has 2 aromatic rings. The average molecular weight is 380 g/mol. The second-order valence-electron chi connectivity index (χ2n) is 5.96. The average Bonchev–Trinajstić information content (AvgIpc) is 2.73. The third-order valence-corrected chi connectivity index (χ3v) is 3.97. The van der Waals surface area contributed by atoms with Crippen LogP contribution in [0.15, 0.2) is 48.0 Å². The Hall–Kier alpha value is -3.46. The molecule has 2 aromatic carbocycles. The van der Waals surface area contributed by atoms with Crippen LogP contribution in [0.4, 0.5) is 5.69 Å². The van der Waals surface area contributed by atoms with Crippen LogP contribution in [-0.2, 0) is 4.79 Å². The fourth-order valence-electron chi connectivity index (χ4n) is 2.41. The van der Waals surface area contributed by atoms with E-state index in [1.807, 2.05) is 6.07 Å². The minimum absolute atomic E-state index is 0.0162. The lowest BCUT2D eigenvalue weighted by molar-refractivity contribution is -0.112. The van der Waals surface area contributed by atoms with Crippen molar-refractivity contribution in [2.24, 2.45) is 0 Å². The number of benzene rings is 2. The third-order valence-electron chi connectivity index (χ3n) is 3.97. The van der Waals surface area contributed by atoms with Gasteiger partial charge in [-0.3, -0.25) is 4.79 Å². The summed E-state index contributed by atoms with van der Waals surface area (Å²) >= 11 is 0. The Labute approximate surface area is 165 Å². The van der Waals surface area contributed by atoms with E-state index in [1.165, 1.54) is 6.08 Å². The second-order valence-corrected chi connectivity index (χ2v) is 5.96. The molecule has 0 aliphatic rings. The van der Waals surface area contributed by atoms with E-state index < -0.39 is 5.91 Å². The Morgan fingerprint density at radius 2 is 1.86 bits per heavy atom. The topological polar surface area (TPSA) is 80.6 Å². The first-order valence-electron chi connectivity index (χ1n) is 8.99. The molecule has 146 valence electrons. The van der Waals surface area contributed by atoms with Gasteiger partial charge in [-0.2, -0.15) is 5.26 Å². The molecule has 0 unspecified atom stereocenters. The van der Waals surface area contributed by atoms with E-state index in [1.54, 1.807) is 56.7 Å². The minimum Gasteiger partial charge on any atom is -0.497 e. The molecule has 0 radical (unpaired) electrons. The van der Waals surface area contributed by atoms with Crippen LogP contribution in [-0.4, -0.2) is 26.7 Å². The Morgan fingerprint density at radius 3 is 2.46 bits per heavy atom. The highest BCUT2D eigenvalue weighted by molar-refractivity contribution is 6.09. The number of carbonyl (C=O) groups excluding carboxylic acids is 1. The number of amides is 1. The first-order chi connectivity index (χ1) is 13.6. The molecule has 0 aromatic heterocycles. The molecule has 0 spiro atoms. The highest BCUT2D eigenvalue weighted by Gasteiger charge is 2.11. The molecule has 0 heterocycles. The van der Waals surface area contributed by atoms with Crippen molar-refractivity contribution in [3.05, 3.63) is 53.6 Å². The number of carbonyl (C=O) groups is 1. The summed E-state index contributed by atoms with van der Waals surface area (Å²) in [7, 11) is 3.12. The van der Waals surface area contributed by atoms with Gasteiger partial charge in [0.1, 0.15) is 17.4 Å². The maximum absolute atomic E-state index is 12.4. The van der Waals surface area contributed by atoms with Crippen LogP contribution in [0.1, 0.15) is 25.3 Å². The van der Waals surface area contributed by atoms with E-state index >= 15 is 0 Å². The smallest absolute Gasteiger partial charge is 0.266 e. The SMILES string of the molecule is CCCCOc1ccc(/C=C(/C#N)C(=O)Nc2ccc(OC)cc2)cc1OC. The van der Waals surface area contributed by atoms with E-state index in [2.05, 4.69) is 12.2 Å². The van der Waals surface area contributed by atoms with Gasteiger partial charge in [0.15, 0.2) is 11.5 Å². The van der Waals surface area contributed by atoms with Gasteiger partial charge in [0, 0.05) is 5.69 Å². The van der Waals surface area contributed by atoms with Crippen LogP contribution in [0, 0.1) is 11.3 Å². The first-order valence-corrected chi connectivity index (χ1v) is 8.99. The monoisotopic (exact) mass is 380 g/mol. The summed E-state index contributed by atoms with van der Waals surface area (Å²) in [5.74, 6) is 1.38. The van der Waals surface area contributed by atoms with Crippen molar-refractivity contribution in [1.82, 2.24) is 0 Å². The molecular formula is C22H24N2O4. The highest BCUT2D eigenvalue weighted by atomic mass is 16.5. The standard InChI is InChI=1S/C22H24N2O4/c1-4-5-12-28-20-11-6-16(14-21(20)27-3)13-17(15-23)22(25)24-18-7-9-19(26-2)10-8-18/h6-11,13-14H,4-5,12H2,1-3H3,(H,24,25)/b17-13-. The van der Waals surface area contributed by atoms with E-state index in [0.29, 0.717) is 35.1 Å². The molecule has 2 rings (SSSR count). The van der Waals surface area contributed by atoms with Crippen molar-refractivity contribution in [3.8, 4) is 23.3 Å². The van der Waals surface area contributed by atoms with Gasteiger partial charge in [0.2, 0.25) is 0 Å². The number of methoxy groups -OCH3 is 2. The van der Waals surface area contributed by atoms with Crippen molar-refractivity contribution >= 4 is 17.7 Å². The highest BCUT2D eigenvalue weighted by Crippen LogP contribution is 2.29. The van der Waals surface area contributed by atoms with Crippen LogP contribution >= 0.6 is 0 Å². The molecule has 28 heavy (non-hydrogen) atoms. The number of nitrogens with one attached hydrogen (secondary N) is 1. The maximum atomic E-state index is 12.4. The van der Waals surface area contributed by atoms with Crippen LogP contribution in [0.5, 0.6) is 17.2 Å². The van der Waals surface area contributed by atoms with Gasteiger partial charge in [-0.1, -0.05) is 19.4 Å². The number of nitrogens with zero attached hydrogens (tertiary/aromatic N) is 1. The summed E-state index contributed by atoms with van der Waals surface area (Å²) in [5, 5.41) is 12.1. The zero-order valence-corrected chi connectivity index (χ0v) is 16.3. The number of hydrogen-bond donors (Lipinski definition) is 1. The second kappa shape index (κ2) is 10.6. The van der Waals surface area contributed by atoms with Crippen molar-refractivity contribution in [2.45, 2.75) is 19.8 Å². The maximum Gasteiger partial charge on any atom is 0.266 e. The molecule has 0 aliphatic heterocycles. The normalized spacial score (nSPS) is 10.7. The van der Waals surface area contributed by atoms with Gasteiger partial charge in [-0.15, -0.1) is 0 Å². The number of rotatable bonds is 9. The lowest BCUT2D eigenvalue weighted by Crippen LogP contribution is -2.13. The molecular weight excluding hydrogens is 356 g/mol. The Balaban J connectivity index is 2.15. The predicted molar refractivity (Wildman–Crippen MR) is 109 cm³/mol. The van der Waals surface area contributed by atoms with E-state index in [0.717, 1.165) is 12.8 Å². The zero-order chi connectivity index (χ0) is 20.4. The number of ether oxygens (including phenoxy) is 3. The summed E-state index contributed by atoms with van der Waals surface area (Å²) in [6.45, 7) is 2.70. The lowest BCUT2D eigenvalue weighted by atomic mass is 10.1. The van der Waals surface area contributed by atoms with E-state index in [4.69, 9.17) is 14.2 Å². The van der Waals surface area contributed by atoms with Crippen LogP contribution in [0.25, 0.3) is 6.08 Å². The largest absolute Gasteiger partial charge is 0.497 e. The van der Waals surface area contributed by atoms with Crippen molar-refractivity contribution < 1.29 is 19.0 Å². The Kier molecular flexibility index (Phi) is 7.92. The van der Waals surface area contributed by atoms with Crippen molar-refractivity contribution in [1.29, 1.82) is 5.26 Å². The summed E-state index contributed by atoms with van der Waals surface area (Å²) in [4.78, 5) is 12.4. The molecule has 1 N–H and O–H groups in total. The molecule has 0 bridgehead atoms. The third kappa shape index (κ3) is 5.78. The molecule has 0 saturated heterocycles. The van der Waals surface area contributed by atoms with Crippen LogP contribution in [0.2, 0.25) is 0 Å². The fraction of sp³-hybridized carbons (Fsp3) is 0.273. The lowest BCUT2D eigenvalue weighted by Gasteiger charge is -2.11. The van der Waals surface area contributed by atoms with Crippen LogP contribution in [0.3, 0.4) is 0 Å². The number of nitriles is 1. The molecule has 0 fully saturated rings. The number of hydrogen-bond acceptors (Lipinski definition) is 5. The fourth-order valence-corrected chi connectivity index (χ4v) is 2.41. The number of unbranched alkanes of at least 4 members (excludes halogenated alkanes) is 1. The van der Waals surface area contributed by atoms with Gasteiger partial charge < -0.3 is 19.5 Å². The summed E-state index contributed by atoms with van der Waals surface area (Å²) in [6.07, 6.45) is 3.50. The van der Waals surface area contributed by atoms with Gasteiger partial charge in [-0.25, -0.2) is 0 Å². The van der Waals surface area contributed by atoms with Gasteiger partial charge in [0.25, 0.3) is 5.91 Å².